The molecular weight excluding hydrogens is 258 g/mol. The fourth-order valence-corrected chi connectivity index (χ4v) is 1.66. The Kier molecular flexibility index (Phi) is 5.68. The predicted molar refractivity (Wildman–Crippen MR) is 73.9 cm³/mol. The van der Waals surface area contributed by atoms with Crippen LogP contribution in [-0.2, 0) is 4.74 Å². The maximum Gasteiger partial charge on any atom is 0.130 e. The molecule has 1 rings (SSSR count). The molecule has 17 heavy (non-hydrogen) atoms. The van der Waals surface area contributed by atoms with Crippen LogP contribution in [0.25, 0.3) is 0 Å². The van der Waals surface area contributed by atoms with Crippen LogP contribution in [0.15, 0.2) is 18.2 Å². The van der Waals surface area contributed by atoms with Crippen molar-refractivity contribution < 1.29 is 9.47 Å². The van der Waals surface area contributed by atoms with Crippen LogP contribution in [-0.4, -0.2) is 24.3 Å². The molecule has 0 aliphatic heterocycles. The lowest BCUT2D eigenvalue weighted by molar-refractivity contribution is 0.0656. The standard InChI is InChI=1S/C12H16ClNO2S/c1-3-15-7-8(2)16-11-5-4-9(13)6-10(11)12(14)17/h4-6,8H,3,7H2,1-2H3,(H2,14,17). The van der Waals surface area contributed by atoms with E-state index in [1.807, 2.05) is 13.8 Å². The number of halogens is 1. The van der Waals surface area contributed by atoms with Gasteiger partial charge >= 0.3 is 0 Å². The first-order chi connectivity index (χ1) is 8.04. The number of ether oxygens (including phenoxy) is 2. The molecule has 0 aliphatic rings. The second kappa shape index (κ2) is 6.79. The summed E-state index contributed by atoms with van der Waals surface area (Å²) in [5.41, 5.74) is 6.27. The van der Waals surface area contributed by atoms with Crippen LogP contribution in [0.4, 0.5) is 0 Å². The van der Waals surface area contributed by atoms with Crippen LogP contribution >= 0.6 is 23.8 Å². The van der Waals surface area contributed by atoms with Crippen molar-refractivity contribution in [1.82, 2.24) is 0 Å². The number of hydrogen-bond acceptors (Lipinski definition) is 3. The third-order valence-electron chi connectivity index (χ3n) is 2.09. The van der Waals surface area contributed by atoms with Gasteiger partial charge in [0, 0.05) is 11.6 Å². The quantitative estimate of drug-likeness (QED) is 0.810. The van der Waals surface area contributed by atoms with E-state index < -0.39 is 0 Å². The van der Waals surface area contributed by atoms with Gasteiger partial charge in [-0.1, -0.05) is 23.8 Å². The highest BCUT2D eigenvalue weighted by atomic mass is 35.5. The van der Waals surface area contributed by atoms with Gasteiger partial charge in [-0.25, -0.2) is 0 Å². The van der Waals surface area contributed by atoms with Crippen LogP contribution in [0.1, 0.15) is 19.4 Å². The Labute approximate surface area is 112 Å². The van der Waals surface area contributed by atoms with Crippen molar-refractivity contribution in [3.05, 3.63) is 28.8 Å². The van der Waals surface area contributed by atoms with Crippen molar-refractivity contribution >= 4 is 28.8 Å². The molecule has 94 valence electrons. The minimum Gasteiger partial charge on any atom is -0.488 e. The number of benzene rings is 1. The van der Waals surface area contributed by atoms with E-state index in [4.69, 9.17) is 39.0 Å². The zero-order valence-corrected chi connectivity index (χ0v) is 11.5. The van der Waals surface area contributed by atoms with E-state index in [9.17, 15) is 0 Å². The highest BCUT2D eigenvalue weighted by Gasteiger charge is 2.11. The van der Waals surface area contributed by atoms with Gasteiger partial charge in [0.15, 0.2) is 0 Å². The molecule has 0 amide bonds. The molecule has 0 aromatic heterocycles. The van der Waals surface area contributed by atoms with Crippen LogP contribution in [0.5, 0.6) is 5.75 Å². The summed E-state index contributed by atoms with van der Waals surface area (Å²) in [6.45, 7) is 5.05. The molecule has 5 heteroatoms. The number of rotatable bonds is 6. The van der Waals surface area contributed by atoms with Crippen molar-refractivity contribution in [3.63, 3.8) is 0 Å². The van der Waals surface area contributed by atoms with E-state index in [0.717, 1.165) is 0 Å². The normalized spacial score (nSPS) is 12.2. The topological polar surface area (TPSA) is 44.5 Å². The highest BCUT2D eigenvalue weighted by molar-refractivity contribution is 7.80. The average molecular weight is 274 g/mol. The second-order valence-corrected chi connectivity index (χ2v) is 4.47. The van der Waals surface area contributed by atoms with E-state index in [0.29, 0.717) is 29.5 Å². The first-order valence-corrected chi connectivity index (χ1v) is 6.17. The monoisotopic (exact) mass is 273 g/mol. The Morgan fingerprint density at radius 1 is 1.53 bits per heavy atom. The summed E-state index contributed by atoms with van der Waals surface area (Å²) < 4.78 is 11.0. The molecule has 0 radical (unpaired) electrons. The zero-order valence-electron chi connectivity index (χ0n) is 9.90. The Balaban J connectivity index is 2.79. The second-order valence-electron chi connectivity index (χ2n) is 3.59. The first kappa shape index (κ1) is 14.2. The molecule has 3 nitrogen and oxygen atoms in total. The Morgan fingerprint density at radius 3 is 2.82 bits per heavy atom. The van der Waals surface area contributed by atoms with Gasteiger partial charge in [0.25, 0.3) is 0 Å². The molecule has 1 unspecified atom stereocenters. The summed E-state index contributed by atoms with van der Waals surface area (Å²) >= 11 is 10.8. The largest absolute Gasteiger partial charge is 0.488 e. The van der Waals surface area contributed by atoms with Crippen molar-refractivity contribution in [2.45, 2.75) is 20.0 Å². The highest BCUT2D eigenvalue weighted by Crippen LogP contribution is 2.23. The summed E-state index contributed by atoms with van der Waals surface area (Å²) in [7, 11) is 0. The third kappa shape index (κ3) is 4.50. The minimum absolute atomic E-state index is 0.0655. The van der Waals surface area contributed by atoms with Crippen LogP contribution in [0.2, 0.25) is 5.02 Å². The van der Waals surface area contributed by atoms with Crippen molar-refractivity contribution in [2.75, 3.05) is 13.2 Å². The van der Waals surface area contributed by atoms with Crippen LogP contribution in [0.3, 0.4) is 0 Å². The van der Waals surface area contributed by atoms with Gasteiger partial charge in [0.05, 0.1) is 12.2 Å². The molecule has 0 saturated heterocycles. The van der Waals surface area contributed by atoms with E-state index in [1.165, 1.54) is 0 Å². The van der Waals surface area contributed by atoms with Gasteiger partial charge in [0.1, 0.15) is 16.8 Å². The lowest BCUT2D eigenvalue weighted by atomic mass is 10.2. The fraction of sp³-hybridized carbons (Fsp3) is 0.417. The molecule has 1 atom stereocenters. The molecule has 0 aliphatic carbocycles. The van der Waals surface area contributed by atoms with Crippen LogP contribution in [0, 0.1) is 0 Å². The summed E-state index contributed by atoms with van der Waals surface area (Å²) in [4.78, 5) is 0.270. The van der Waals surface area contributed by atoms with Gasteiger partial charge in [-0.3, -0.25) is 0 Å². The molecule has 1 aromatic carbocycles. The SMILES string of the molecule is CCOCC(C)Oc1ccc(Cl)cc1C(N)=S. The predicted octanol–water partition coefficient (Wildman–Crippen LogP) is 2.78. The smallest absolute Gasteiger partial charge is 0.130 e. The maximum atomic E-state index is 5.89. The molecule has 0 spiro atoms. The number of nitrogens with two attached hydrogens (primary N) is 1. The average Bonchev–Trinajstić information content (AvgIpc) is 2.28. The Bertz CT molecular complexity index is 398. The van der Waals surface area contributed by atoms with Crippen molar-refractivity contribution in [3.8, 4) is 5.75 Å². The summed E-state index contributed by atoms with van der Waals surface area (Å²) in [5, 5.41) is 0.581. The van der Waals surface area contributed by atoms with Crippen molar-refractivity contribution in [1.29, 1.82) is 0 Å². The van der Waals surface area contributed by atoms with Gasteiger partial charge < -0.3 is 15.2 Å². The van der Waals surface area contributed by atoms with Crippen LogP contribution < -0.4 is 10.5 Å². The maximum absolute atomic E-state index is 5.89. The fourth-order valence-electron chi connectivity index (χ4n) is 1.33. The number of hydrogen-bond donors (Lipinski definition) is 1. The van der Waals surface area contributed by atoms with Gasteiger partial charge in [-0.15, -0.1) is 0 Å². The minimum atomic E-state index is -0.0655. The van der Waals surface area contributed by atoms with Gasteiger partial charge in [-0.05, 0) is 32.0 Å². The molecule has 0 fully saturated rings. The molecule has 1 aromatic rings. The lowest BCUT2D eigenvalue weighted by Gasteiger charge is -2.17. The van der Waals surface area contributed by atoms with Crippen molar-refractivity contribution in [2.24, 2.45) is 5.73 Å². The number of thiocarbonyl (C=S) groups is 1. The van der Waals surface area contributed by atoms with Gasteiger partial charge in [-0.2, -0.15) is 0 Å². The molecule has 0 bridgehead atoms. The third-order valence-corrected chi connectivity index (χ3v) is 2.55. The van der Waals surface area contributed by atoms with E-state index in [2.05, 4.69) is 0 Å². The van der Waals surface area contributed by atoms with E-state index >= 15 is 0 Å². The summed E-state index contributed by atoms with van der Waals surface area (Å²) in [5.74, 6) is 0.633. The lowest BCUT2D eigenvalue weighted by Crippen LogP contribution is -2.21. The van der Waals surface area contributed by atoms with Gasteiger partial charge in [0.2, 0.25) is 0 Å². The summed E-state index contributed by atoms with van der Waals surface area (Å²) in [6.07, 6.45) is -0.0655. The Hall–Kier alpha value is -0.840. The van der Waals surface area contributed by atoms with E-state index in [1.54, 1.807) is 18.2 Å². The molecule has 0 heterocycles. The molecular formula is C12H16ClNO2S. The molecule has 2 N–H and O–H groups in total. The molecule has 0 saturated carbocycles. The Morgan fingerprint density at radius 2 is 2.24 bits per heavy atom. The zero-order chi connectivity index (χ0) is 12.8. The van der Waals surface area contributed by atoms with E-state index in [-0.39, 0.29) is 11.1 Å². The summed E-state index contributed by atoms with van der Waals surface area (Å²) in [6, 6.07) is 5.21. The first-order valence-electron chi connectivity index (χ1n) is 5.38.